The second kappa shape index (κ2) is 18.6. The third-order valence-corrected chi connectivity index (χ3v) is 8.62. The van der Waals surface area contributed by atoms with Crippen molar-refractivity contribution in [2.24, 2.45) is 5.92 Å². The van der Waals surface area contributed by atoms with Gasteiger partial charge in [0.25, 0.3) is 11.8 Å². The van der Waals surface area contributed by atoms with Crippen molar-refractivity contribution in [3.63, 3.8) is 0 Å². The summed E-state index contributed by atoms with van der Waals surface area (Å²) in [6.07, 6.45) is 2.24. The SMILES string of the molecule is CC[C@H](C)[C@@H]1NC(=O)[C@H]([C@@H](C)O)NC(=O)CCCN(C(=O)c2cccnc2)CCNC(=O)c2ccc(OC)c(c2)Oc2cc(F)cc(c2)CNC1=O. The van der Waals surface area contributed by atoms with E-state index in [1.807, 2.05) is 6.92 Å². The molecule has 0 fully saturated rings. The summed E-state index contributed by atoms with van der Waals surface area (Å²) in [6, 6.07) is 9.17. The molecule has 5 N–H and O–H groups in total. The number of carbonyl (C=O) groups excluding carboxylic acids is 5. The van der Waals surface area contributed by atoms with Crippen LogP contribution in [0.3, 0.4) is 0 Å². The van der Waals surface area contributed by atoms with Crippen molar-refractivity contribution in [1.82, 2.24) is 31.2 Å². The van der Waals surface area contributed by atoms with E-state index in [4.69, 9.17) is 9.47 Å². The van der Waals surface area contributed by atoms with Gasteiger partial charge in [-0.05, 0) is 67.3 Å². The fraction of sp³-hybridized carbons (Fsp3) is 0.405. The Labute approximate surface area is 301 Å². The molecule has 4 rings (SSSR count). The number of pyridine rings is 1. The number of carbonyl (C=O) groups is 5. The number of hydrogen-bond acceptors (Lipinski definition) is 9. The highest BCUT2D eigenvalue weighted by molar-refractivity contribution is 5.96. The maximum atomic E-state index is 14.8. The van der Waals surface area contributed by atoms with Gasteiger partial charge in [0.15, 0.2) is 11.5 Å². The average Bonchev–Trinajstić information content (AvgIpc) is 3.13. The third-order valence-electron chi connectivity index (χ3n) is 8.62. The Bertz CT molecular complexity index is 1740. The molecule has 52 heavy (non-hydrogen) atoms. The van der Waals surface area contributed by atoms with E-state index in [9.17, 15) is 33.5 Å². The lowest BCUT2D eigenvalue weighted by molar-refractivity contribution is -0.135. The third kappa shape index (κ3) is 10.7. The Balaban J connectivity index is 1.66. The molecule has 0 saturated carbocycles. The summed E-state index contributed by atoms with van der Waals surface area (Å²) in [5.74, 6) is -3.24. The minimum absolute atomic E-state index is 0.0554. The largest absolute Gasteiger partial charge is 0.493 e. The van der Waals surface area contributed by atoms with E-state index in [-0.39, 0.29) is 73.7 Å². The van der Waals surface area contributed by atoms with Crippen LogP contribution in [0, 0.1) is 11.7 Å². The van der Waals surface area contributed by atoms with Gasteiger partial charge in [-0.15, -0.1) is 0 Å². The van der Waals surface area contributed by atoms with Gasteiger partial charge >= 0.3 is 0 Å². The van der Waals surface area contributed by atoms with Crippen LogP contribution in [-0.2, 0) is 20.9 Å². The molecule has 0 radical (unpaired) electrons. The number of methoxy groups -OCH3 is 1. The Hall–Kier alpha value is -5.57. The van der Waals surface area contributed by atoms with Gasteiger partial charge in [0.1, 0.15) is 23.7 Å². The van der Waals surface area contributed by atoms with E-state index in [1.54, 1.807) is 19.1 Å². The first-order valence-electron chi connectivity index (χ1n) is 17.1. The molecule has 1 aliphatic heterocycles. The van der Waals surface area contributed by atoms with Crippen LogP contribution < -0.4 is 30.7 Å². The second-order valence-corrected chi connectivity index (χ2v) is 12.5. The Morgan fingerprint density at radius 1 is 1.04 bits per heavy atom. The van der Waals surface area contributed by atoms with E-state index in [0.717, 1.165) is 6.07 Å². The zero-order valence-corrected chi connectivity index (χ0v) is 29.6. The van der Waals surface area contributed by atoms with Gasteiger partial charge in [0.2, 0.25) is 17.7 Å². The summed E-state index contributed by atoms with van der Waals surface area (Å²) in [7, 11) is 1.42. The molecule has 0 aliphatic carbocycles. The van der Waals surface area contributed by atoms with Gasteiger partial charge in [0, 0.05) is 56.6 Å². The van der Waals surface area contributed by atoms with Crippen LogP contribution in [0.15, 0.2) is 60.9 Å². The normalized spacial score (nSPS) is 19.4. The topological polar surface area (TPSA) is 188 Å². The lowest BCUT2D eigenvalue weighted by atomic mass is 9.97. The monoisotopic (exact) mass is 720 g/mol. The van der Waals surface area contributed by atoms with Gasteiger partial charge in [-0.25, -0.2) is 4.39 Å². The number of halogens is 1. The molecule has 15 heteroatoms. The summed E-state index contributed by atoms with van der Waals surface area (Å²) >= 11 is 0. The van der Waals surface area contributed by atoms with E-state index < -0.39 is 47.6 Å². The lowest BCUT2D eigenvalue weighted by Crippen LogP contribution is -2.58. The molecule has 2 heterocycles. The number of fused-ring (bicyclic) bond motifs is 4. The van der Waals surface area contributed by atoms with Crippen molar-refractivity contribution in [2.75, 3.05) is 26.7 Å². The molecular weight excluding hydrogens is 675 g/mol. The van der Waals surface area contributed by atoms with Crippen LogP contribution in [0.5, 0.6) is 17.2 Å². The first kappa shape index (κ1) is 39.2. The summed E-state index contributed by atoms with van der Waals surface area (Å²) in [5.41, 5.74) is 0.871. The molecule has 0 unspecified atom stereocenters. The number of benzene rings is 2. The number of rotatable bonds is 5. The van der Waals surface area contributed by atoms with Gasteiger partial charge in [0.05, 0.1) is 18.8 Å². The molecule has 0 spiro atoms. The summed E-state index contributed by atoms with van der Waals surface area (Å²) < 4.78 is 26.2. The van der Waals surface area contributed by atoms with E-state index in [0.29, 0.717) is 17.5 Å². The van der Waals surface area contributed by atoms with Crippen LogP contribution in [0.4, 0.5) is 4.39 Å². The number of hydrogen-bond donors (Lipinski definition) is 5. The zero-order valence-electron chi connectivity index (χ0n) is 29.6. The number of aliphatic hydroxyl groups is 1. The number of amides is 5. The summed E-state index contributed by atoms with van der Waals surface area (Å²) in [4.78, 5) is 71.9. The molecule has 1 aliphatic rings. The predicted octanol–water partition coefficient (Wildman–Crippen LogP) is 2.70. The first-order valence-corrected chi connectivity index (χ1v) is 17.1. The van der Waals surface area contributed by atoms with E-state index in [1.165, 1.54) is 61.7 Å². The minimum Gasteiger partial charge on any atom is -0.493 e. The Kier molecular flexibility index (Phi) is 14.0. The Morgan fingerprint density at radius 3 is 2.52 bits per heavy atom. The number of nitrogens with one attached hydrogen (secondary N) is 4. The molecule has 1 aromatic heterocycles. The van der Waals surface area contributed by atoms with E-state index in [2.05, 4.69) is 26.3 Å². The fourth-order valence-electron chi connectivity index (χ4n) is 5.52. The number of nitrogens with zero attached hydrogens (tertiary/aromatic N) is 2. The zero-order chi connectivity index (χ0) is 37.8. The van der Waals surface area contributed by atoms with Crippen LogP contribution in [-0.4, -0.2) is 89.5 Å². The fourth-order valence-corrected chi connectivity index (χ4v) is 5.52. The minimum atomic E-state index is -1.38. The van der Waals surface area contributed by atoms with Gasteiger partial charge < -0.3 is 40.7 Å². The average molecular weight is 721 g/mol. The Morgan fingerprint density at radius 2 is 1.83 bits per heavy atom. The lowest BCUT2D eigenvalue weighted by Gasteiger charge is -2.28. The highest BCUT2D eigenvalue weighted by atomic mass is 19.1. The van der Waals surface area contributed by atoms with Gasteiger partial charge in [-0.2, -0.15) is 0 Å². The van der Waals surface area contributed by atoms with Crippen molar-refractivity contribution in [3.05, 3.63) is 83.4 Å². The summed E-state index contributed by atoms with van der Waals surface area (Å²) in [6.45, 7) is 5.10. The van der Waals surface area contributed by atoms with E-state index >= 15 is 0 Å². The summed E-state index contributed by atoms with van der Waals surface area (Å²) in [5, 5.41) is 21.2. The highest BCUT2D eigenvalue weighted by Gasteiger charge is 2.32. The van der Waals surface area contributed by atoms with Crippen LogP contribution in [0.1, 0.15) is 66.3 Å². The highest BCUT2D eigenvalue weighted by Crippen LogP contribution is 2.33. The molecule has 5 amide bonds. The van der Waals surface area contributed by atoms with Crippen molar-refractivity contribution in [2.45, 2.75) is 64.8 Å². The van der Waals surface area contributed by atoms with Crippen LogP contribution in [0.25, 0.3) is 0 Å². The molecule has 4 bridgehead atoms. The van der Waals surface area contributed by atoms with Crippen molar-refractivity contribution >= 4 is 29.5 Å². The molecule has 2 aromatic carbocycles. The second-order valence-electron chi connectivity index (χ2n) is 12.5. The van der Waals surface area contributed by atoms with Crippen LogP contribution in [0.2, 0.25) is 0 Å². The number of aliphatic hydroxyl groups excluding tert-OH is 1. The van der Waals surface area contributed by atoms with Gasteiger partial charge in [-0.3, -0.25) is 29.0 Å². The van der Waals surface area contributed by atoms with Crippen LogP contribution >= 0.6 is 0 Å². The molecule has 14 nitrogen and oxygen atoms in total. The molecule has 4 atom stereocenters. The van der Waals surface area contributed by atoms with Crippen molar-refractivity contribution < 1.29 is 42.9 Å². The molecule has 278 valence electrons. The predicted molar refractivity (Wildman–Crippen MR) is 188 cm³/mol. The molecular formula is C37H45FN6O8. The maximum absolute atomic E-state index is 14.8. The van der Waals surface area contributed by atoms with Crippen molar-refractivity contribution in [1.29, 1.82) is 0 Å². The molecule has 0 saturated heterocycles. The standard InChI is InChI=1S/C37H45FN6O8/c1-5-22(2)32-35(48)41-20-24-16-27(38)19-28(17-24)52-30-18-25(10-11-29(30)51-4)34(47)40-13-15-44(37(50)26-8-6-12-39-21-26)14-7-9-31(46)42-33(23(3)45)36(49)43-32/h6,8,10-12,16-19,21-23,32-33,45H,5,7,9,13-15,20H2,1-4H3,(H,40,47)(H,41,48)(H,42,46)(H,43,49)/t22-,23+,32-,33-/m0/s1. The maximum Gasteiger partial charge on any atom is 0.255 e. The quantitative estimate of drug-likeness (QED) is 0.264. The smallest absolute Gasteiger partial charge is 0.255 e. The number of ether oxygens (including phenoxy) is 2. The molecule has 3 aromatic rings. The van der Waals surface area contributed by atoms with Gasteiger partial charge in [-0.1, -0.05) is 20.3 Å². The number of aromatic nitrogens is 1. The van der Waals surface area contributed by atoms with Crippen molar-refractivity contribution in [3.8, 4) is 17.2 Å². The first-order chi connectivity index (χ1) is 24.9.